The summed E-state index contributed by atoms with van der Waals surface area (Å²) in [7, 11) is 0. The summed E-state index contributed by atoms with van der Waals surface area (Å²) in [4.78, 5) is 11.6. The van der Waals surface area contributed by atoms with Crippen molar-refractivity contribution in [2.24, 2.45) is 35.5 Å². The van der Waals surface area contributed by atoms with E-state index in [2.05, 4.69) is 5.32 Å². The number of alkyl halides is 6. The van der Waals surface area contributed by atoms with E-state index in [1.54, 1.807) is 18.2 Å². The SMILES string of the molecule is O=C(O)C1C2CC3C(C2NCc2ccc4c(C(F)(F)F)c(OC5CCC(C(F)(F)F)CC5)ccc4c2)C31. The first-order chi connectivity index (χ1) is 17.4. The standard InChI is InChI=1S/C27H27F6NO3/c28-26(29,30)14-3-5-15(6-4-14)37-19-8-2-13-9-12(1-7-16(13)23(19)27(31,32)33)11-34-24-18-10-17-20(21(17)24)22(18)25(35)36/h1-2,7-9,14-15,17-18,20-22,24,34H,3-6,10-11H2,(H,35,36). The normalized spacial score (nSPS) is 34.6. The van der Waals surface area contributed by atoms with Gasteiger partial charge < -0.3 is 15.2 Å². The zero-order valence-corrected chi connectivity index (χ0v) is 19.8. The Labute approximate surface area is 209 Å². The molecule has 4 nitrogen and oxygen atoms in total. The molecule has 0 amide bonds. The predicted octanol–water partition coefficient (Wildman–Crippen LogP) is 6.41. The highest BCUT2D eigenvalue weighted by atomic mass is 19.4. The summed E-state index contributed by atoms with van der Waals surface area (Å²) in [6.07, 6.45) is -8.97. The topological polar surface area (TPSA) is 58.6 Å². The zero-order chi connectivity index (χ0) is 26.3. The van der Waals surface area contributed by atoms with Gasteiger partial charge in [-0.15, -0.1) is 0 Å². The molecule has 2 aromatic rings. The highest BCUT2D eigenvalue weighted by Gasteiger charge is 2.75. The fourth-order valence-corrected chi connectivity index (χ4v) is 7.57. The van der Waals surface area contributed by atoms with Crippen LogP contribution >= 0.6 is 0 Å². The molecule has 5 aliphatic rings. The number of halogens is 6. The van der Waals surface area contributed by atoms with Crippen LogP contribution < -0.4 is 10.1 Å². The number of hydrogen-bond donors (Lipinski definition) is 2. The minimum atomic E-state index is -4.70. The highest BCUT2D eigenvalue weighted by Crippen LogP contribution is 2.73. The number of hydrogen-bond acceptors (Lipinski definition) is 3. The zero-order valence-electron chi connectivity index (χ0n) is 19.8. The maximum Gasteiger partial charge on any atom is 0.420 e. The van der Waals surface area contributed by atoms with Crippen LogP contribution in [0.4, 0.5) is 26.3 Å². The summed E-state index contributed by atoms with van der Waals surface area (Å²) < 4.78 is 86.8. The third-order valence-corrected chi connectivity index (χ3v) is 9.18. The van der Waals surface area contributed by atoms with Gasteiger partial charge in [0.2, 0.25) is 0 Å². The third-order valence-electron chi connectivity index (χ3n) is 9.18. The smallest absolute Gasteiger partial charge is 0.420 e. The number of ether oxygens (including phenoxy) is 1. The number of fused-ring (bicyclic) bond motifs is 1. The fraction of sp³-hybridized carbons (Fsp3) is 0.593. The molecule has 5 fully saturated rings. The van der Waals surface area contributed by atoms with Gasteiger partial charge in [0.1, 0.15) is 11.3 Å². The number of benzene rings is 2. The molecule has 5 aliphatic carbocycles. The van der Waals surface area contributed by atoms with Crippen LogP contribution in [0.5, 0.6) is 5.75 Å². The van der Waals surface area contributed by atoms with Crippen LogP contribution in [0.3, 0.4) is 0 Å². The number of nitrogens with one attached hydrogen (secondary N) is 1. The summed E-state index contributed by atoms with van der Waals surface area (Å²) >= 11 is 0. The van der Waals surface area contributed by atoms with Crippen LogP contribution in [0.15, 0.2) is 30.3 Å². The molecular formula is C27H27F6NO3. The van der Waals surface area contributed by atoms with Crippen LogP contribution in [0.2, 0.25) is 0 Å². The summed E-state index contributed by atoms with van der Waals surface area (Å²) in [5, 5.41) is 13.4. The Morgan fingerprint density at radius 3 is 2.30 bits per heavy atom. The number of carbonyl (C=O) groups is 1. The monoisotopic (exact) mass is 527 g/mol. The number of carboxylic acids is 1. The molecule has 37 heavy (non-hydrogen) atoms. The van der Waals surface area contributed by atoms with E-state index < -0.39 is 35.9 Å². The van der Waals surface area contributed by atoms with E-state index in [9.17, 15) is 36.2 Å². The van der Waals surface area contributed by atoms with Crippen molar-refractivity contribution in [3.63, 3.8) is 0 Å². The van der Waals surface area contributed by atoms with Crippen molar-refractivity contribution in [3.05, 3.63) is 41.5 Å². The molecule has 200 valence electrons. The van der Waals surface area contributed by atoms with E-state index in [0.717, 1.165) is 12.0 Å². The van der Waals surface area contributed by atoms with Crippen LogP contribution in [-0.2, 0) is 17.5 Å². The maximum absolute atomic E-state index is 14.1. The molecule has 7 rings (SSSR count). The van der Waals surface area contributed by atoms with Gasteiger partial charge in [-0.3, -0.25) is 4.79 Å². The van der Waals surface area contributed by atoms with E-state index in [4.69, 9.17) is 4.74 Å². The molecule has 0 aliphatic heterocycles. The second kappa shape index (κ2) is 8.51. The average Bonchev–Trinajstić information content (AvgIpc) is 3.11. The lowest BCUT2D eigenvalue weighted by Crippen LogP contribution is -2.34. The molecule has 0 saturated heterocycles. The molecule has 6 unspecified atom stereocenters. The Morgan fingerprint density at radius 2 is 1.70 bits per heavy atom. The molecule has 0 spiro atoms. The van der Waals surface area contributed by atoms with Gasteiger partial charge >= 0.3 is 18.3 Å². The number of rotatable bonds is 6. The van der Waals surface area contributed by atoms with Gasteiger partial charge in [0.15, 0.2) is 0 Å². The molecule has 4 bridgehead atoms. The molecule has 10 heteroatoms. The van der Waals surface area contributed by atoms with Crippen molar-refractivity contribution < 1.29 is 41.0 Å². The first-order valence-corrected chi connectivity index (χ1v) is 12.8. The molecule has 2 N–H and O–H groups in total. The molecular weight excluding hydrogens is 500 g/mol. The van der Waals surface area contributed by atoms with Gasteiger partial charge in [0, 0.05) is 12.6 Å². The van der Waals surface area contributed by atoms with Crippen molar-refractivity contribution >= 4 is 16.7 Å². The van der Waals surface area contributed by atoms with E-state index in [0.29, 0.717) is 23.8 Å². The molecule has 0 radical (unpaired) electrons. The van der Waals surface area contributed by atoms with E-state index in [1.807, 2.05) is 0 Å². The molecule has 6 atom stereocenters. The Bertz CT molecular complexity index is 1220. The van der Waals surface area contributed by atoms with E-state index in [1.165, 1.54) is 12.1 Å². The Balaban J connectivity index is 1.18. The van der Waals surface area contributed by atoms with Crippen LogP contribution in [0.25, 0.3) is 10.8 Å². The molecule has 2 aromatic carbocycles. The van der Waals surface area contributed by atoms with E-state index in [-0.39, 0.29) is 60.6 Å². The van der Waals surface area contributed by atoms with Gasteiger partial charge in [-0.05, 0) is 84.2 Å². The summed E-state index contributed by atoms with van der Waals surface area (Å²) in [6, 6.07) is 7.66. The van der Waals surface area contributed by atoms with Crippen molar-refractivity contribution in [2.45, 2.75) is 63.1 Å². The summed E-state index contributed by atoms with van der Waals surface area (Å²) in [5.74, 6) is -1.58. The van der Waals surface area contributed by atoms with Gasteiger partial charge in [0.25, 0.3) is 0 Å². The minimum Gasteiger partial charge on any atom is -0.490 e. The first-order valence-electron chi connectivity index (χ1n) is 12.8. The van der Waals surface area contributed by atoms with Crippen LogP contribution in [0, 0.1) is 35.5 Å². The Kier molecular flexibility index (Phi) is 5.71. The van der Waals surface area contributed by atoms with Crippen molar-refractivity contribution in [3.8, 4) is 5.75 Å². The van der Waals surface area contributed by atoms with Crippen molar-refractivity contribution in [1.29, 1.82) is 0 Å². The molecule has 0 aromatic heterocycles. The Hall–Kier alpha value is -2.49. The fourth-order valence-electron chi connectivity index (χ4n) is 7.57. The van der Waals surface area contributed by atoms with Crippen molar-refractivity contribution in [2.75, 3.05) is 0 Å². The average molecular weight is 528 g/mol. The van der Waals surface area contributed by atoms with E-state index >= 15 is 0 Å². The lowest BCUT2D eigenvalue weighted by molar-refractivity contribution is -0.185. The number of carboxylic acid groups (broad SMARTS) is 1. The van der Waals surface area contributed by atoms with Gasteiger partial charge in [-0.1, -0.05) is 18.2 Å². The highest BCUT2D eigenvalue weighted by molar-refractivity contribution is 5.89. The van der Waals surface area contributed by atoms with Crippen LogP contribution in [-0.4, -0.2) is 29.4 Å². The van der Waals surface area contributed by atoms with Gasteiger partial charge in [-0.2, -0.15) is 26.3 Å². The predicted molar refractivity (Wildman–Crippen MR) is 122 cm³/mol. The largest absolute Gasteiger partial charge is 0.490 e. The minimum absolute atomic E-state index is 0.0194. The quantitative estimate of drug-likeness (QED) is 0.426. The van der Waals surface area contributed by atoms with Crippen LogP contribution in [0.1, 0.15) is 43.2 Å². The molecule has 0 heterocycles. The van der Waals surface area contributed by atoms with Gasteiger partial charge in [0.05, 0.1) is 17.9 Å². The van der Waals surface area contributed by atoms with Crippen molar-refractivity contribution in [1.82, 2.24) is 5.32 Å². The first kappa shape index (κ1) is 24.8. The lowest BCUT2D eigenvalue weighted by atomic mass is 9.87. The number of aliphatic carboxylic acids is 1. The lowest BCUT2D eigenvalue weighted by Gasteiger charge is -2.31. The Morgan fingerprint density at radius 1 is 0.973 bits per heavy atom. The summed E-state index contributed by atoms with van der Waals surface area (Å²) in [5.41, 5.74) is -0.114. The third kappa shape index (κ3) is 4.25. The van der Waals surface area contributed by atoms with Gasteiger partial charge in [-0.25, -0.2) is 0 Å². The maximum atomic E-state index is 14.1. The second-order valence-corrected chi connectivity index (χ2v) is 11.1. The second-order valence-electron chi connectivity index (χ2n) is 11.1. The molecule has 5 saturated carbocycles. The summed E-state index contributed by atoms with van der Waals surface area (Å²) in [6.45, 7) is 0.432.